The molecule has 1 rings (SSSR count). The maximum Gasteiger partial charge on any atom is 0.263 e. The summed E-state index contributed by atoms with van der Waals surface area (Å²) in [7, 11) is 0. The molecule has 1 aliphatic rings. The molecule has 0 aromatic carbocycles. The van der Waals surface area contributed by atoms with Gasteiger partial charge in [0.15, 0.2) is 0 Å². The van der Waals surface area contributed by atoms with E-state index < -0.39 is 23.7 Å². The fraction of sp³-hybridized carbons (Fsp3) is 0.800. The van der Waals surface area contributed by atoms with Crippen LogP contribution in [0.2, 0.25) is 0 Å². The molecule has 0 aromatic heterocycles. The Labute approximate surface area is 51.0 Å². The van der Waals surface area contributed by atoms with E-state index in [9.17, 15) is 13.6 Å². The lowest BCUT2D eigenvalue weighted by molar-refractivity contribution is -0.125. The number of rotatable bonds is 1. The zero-order valence-electron chi connectivity index (χ0n) is 4.95. The second-order valence-electron chi connectivity index (χ2n) is 2.58. The van der Waals surface area contributed by atoms with E-state index in [0.29, 0.717) is 0 Å². The number of hydrogen-bond acceptors (Lipinski definition) is 1. The largest absolute Gasteiger partial charge is 0.369 e. The molecule has 0 aromatic rings. The van der Waals surface area contributed by atoms with Crippen LogP contribution in [0.5, 0.6) is 0 Å². The lowest BCUT2D eigenvalue weighted by Crippen LogP contribution is -2.26. The minimum atomic E-state index is -2.85. The molecule has 1 atom stereocenters. The molecule has 52 valence electrons. The fourth-order valence-electron chi connectivity index (χ4n) is 0.667. The molecule has 1 fully saturated rings. The third-order valence-electron chi connectivity index (χ3n) is 1.80. The summed E-state index contributed by atoms with van der Waals surface area (Å²) in [6.07, 6.45) is -0.394. The van der Waals surface area contributed by atoms with Gasteiger partial charge in [0, 0.05) is 6.42 Å². The Kier molecular flexibility index (Phi) is 0.896. The van der Waals surface area contributed by atoms with Crippen molar-refractivity contribution < 1.29 is 13.6 Å². The van der Waals surface area contributed by atoms with Gasteiger partial charge < -0.3 is 5.73 Å². The van der Waals surface area contributed by atoms with Crippen molar-refractivity contribution in [1.82, 2.24) is 0 Å². The van der Waals surface area contributed by atoms with E-state index in [1.807, 2.05) is 0 Å². The quantitative estimate of drug-likeness (QED) is 0.559. The summed E-state index contributed by atoms with van der Waals surface area (Å²) in [5, 5.41) is 0. The third-order valence-corrected chi connectivity index (χ3v) is 1.80. The number of amides is 1. The number of nitrogens with two attached hydrogens (primary N) is 1. The van der Waals surface area contributed by atoms with Gasteiger partial charge in [0.25, 0.3) is 5.92 Å². The Balaban J connectivity index is 2.74. The van der Waals surface area contributed by atoms with Crippen LogP contribution in [0.4, 0.5) is 8.78 Å². The van der Waals surface area contributed by atoms with E-state index in [2.05, 4.69) is 5.73 Å². The lowest BCUT2D eigenvalue weighted by atomic mass is 10.1. The first-order valence-electron chi connectivity index (χ1n) is 2.58. The normalized spacial score (nSPS) is 38.1. The van der Waals surface area contributed by atoms with Crippen LogP contribution in [0.25, 0.3) is 0 Å². The van der Waals surface area contributed by atoms with Crippen LogP contribution in [0.1, 0.15) is 13.3 Å². The topological polar surface area (TPSA) is 43.1 Å². The third kappa shape index (κ3) is 0.620. The Bertz CT molecular complexity index is 168. The van der Waals surface area contributed by atoms with Crippen molar-refractivity contribution >= 4 is 5.91 Å². The van der Waals surface area contributed by atoms with Crippen LogP contribution in [-0.2, 0) is 4.79 Å². The average molecular weight is 135 g/mol. The standard InChI is InChI=1S/C5H7F2NO/c1-4(3(8)9)2-5(4,6)7/h2H2,1H3,(H2,8,9). The SMILES string of the molecule is CC1(C(N)=O)CC1(F)F. The van der Waals surface area contributed by atoms with Crippen LogP contribution in [0, 0.1) is 5.41 Å². The zero-order chi connectivity index (χ0) is 7.28. The number of carbonyl (C=O) groups excluding carboxylic acids is 1. The predicted octanol–water partition coefficient (Wildman–Crippen LogP) is 0.517. The van der Waals surface area contributed by atoms with E-state index in [1.54, 1.807) is 0 Å². The molecule has 0 saturated heterocycles. The maximum atomic E-state index is 12.1. The molecule has 2 nitrogen and oxygen atoms in total. The lowest BCUT2D eigenvalue weighted by Gasteiger charge is -2.01. The number of carbonyl (C=O) groups is 1. The number of alkyl halides is 2. The first kappa shape index (κ1) is 6.45. The van der Waals surface area contributed by atoms with Crippen molar-refractivity contribution in [2.45, 2.75) is 19.3 Å². The van der Waals surface area contributed by atoms with Gasteiger partial charge in [0.1, 0.15) is 5.41 Å². The van der Waals surface area contributed by atoms with Gasteiger partial charge in [-0.15, -0.1) is 0 Å². The van der Waals surface area contributed by atoms with Crippen molar-refractivity contribution in [1.29, 1.82) is 0 Å². The van der Waals surface area contributed by atoms with Gasteiger partial charge >= 0.3 is 0 Å². The summed E-state index contributed by atoms with van der Waals surface area (Å²) < 4.78 is 24.3. The van der Waals surface area contributed by atoms with E-state index in [-0.39, 0.29) is 0 Å². The Morgan fingerprint density at radius 1 is 1.67 bits per heavy atom. The molecule has 0 spiro atoms. The highest BCUT2D eigenvalue weighted by atomic mass is 19.3. The summed E-state index contributed by atoms with van der Waals surface area (Å²) in [6, 6.07) is 0. The average Bonchev–Trinajstić information content (AvgIpc) is 2.08. The number of hydrogen-bond donors (Lipinski definition) is 1. The first-order chi connectivity index (χ1) is 3.90. The fourth-order valence-corrected chi connectivity index (χ4v) is 0.667. The van der Waals surface area contributed by atoms with Gasteiger partial charge in [-0.2, -0.15) is 0 Å². The van der Waals surface area contributed by atoms with Gasteiger partial charge in [0.05, 0.1) is 0 Å². The Morgan fingerprint density at radius 3 is 2.00 bits per heavy atom. The van der Waals surface area contributed by atoms with Gasteiger partial charge in [-0.05, 0) is 6.92 Å². The molecule has 0 aliphatic heterocycles. The number of primary amides is 1. The molecule has 0 heterocycles. The second-order valence-corrected chi connectivity index (χ2v) is 2.58. The monoisotopic (exact) mass is 135 g/mol. The number of halogens is 2. The van der Waals surface area contributed by atoms with Crippen LogP contribution in [-0.4, -0.2) is 11.8 Å². The Hall–Kier alpha value is -0.670. The van der Waals surface area contributed by atoms with Crippen LogP contribution in [0.3, 0.4) is 0 Å². The van der Waals surface area contributed by atoms with Gasteiger partial charge in [-0.3, -0.25) is 4.79 Å². The molecular weight excluding hydrogens is 128 g/mol. The summed E-state index contributed by atoms with van der Waals surface area (Å²) >= 11 is 0. The molecule has 9 heavy (non-hydrogen) atoms. The van der Waals surface area contributed by atoms with Gasteiger partial charge in [-0.25, -0.2) is 8.78 Å². The second kappa shape index (κ2) is 1.25. The highest BCUT2D eigenvalue weighted by Crippen LogP contribution is 2.59. The molecular formula is C5H7F2NO. The summed E-state index contributed by atoms with van der Waals surface area (Å²) in [5.74, 6) is -3.76. The summed E-state index contributed by atoms with van der Waals surface area (Å²) in [4.78, 5) is 10.2. The molecule has 0 radical (unpaired) electrons. The Morgan fingerprint density at radius 2 is 2.00 bits per heavy atom. The van der Waals surface area contributed by atoms with Crippen molar-refractivity contribution in [3.63, 3.8) is 0 Å². The van der Waals surface area contributed by atoms with Crippen molar-refractivity contribution in [3.05, 3.63) is 0 Å². The van der Waals surface area contributed by atoms with Crippen LogP contribution in [0.15, 0.2) is 0 Å². The molecule has 1 saturated carbocycles. The highest BCUT2D eigenvalue weighted by Gasteiger charge is 2.71. The zero-order valence-corrected chi connectivity index (χ0v) is 4.95. The van der Waals surface area contributed by atoms with Gasteiger partial charge in [-0.1, -0.05) is 0 Å². The predicted molar refractivity (Wildman–Crippen MR) is 26.9 cm³/mol. The molecule has 0 bridgehead atoms. The minimum absolute atomic E-state index is 0.394. The highest BCUT2D eigenvalue weighted by molar-refractivity contribution is 5.85. The van der Waals surface area contributed by atoms with E-state index in [1.165, 1.54) is 6.92 Å². The van der Waals surface area contributed by atoms with Crippen LogP contribution < -0.4 is 5.73 Å². The summed E-state index contributed by atoms with van der Waals surface area (Å²) in [5.41, 5.74) is 3.14. The molecule has 1 aliphatic carbocycles. The molecule has 1 amide bonds. The first-order valence-corrected chi connectivity index (χ1v) is 2.58. The van der Waals surface area contributed by atoms with Crippen molar-refractivity contribution in [3.8, 4) is 0 Å². The van der Waals surface area contributed by atoms with Crippen LogP contribution >= 0.6 is 0 Å². The van der Waals surface area contributed by atoms with Gasteiger partial charge in [0.2, 0.25) is 5.91 Å². The van der Waals surface area contributed by atoms with E-state index >= 15 is 0 Å². The van der Waals surface area contributed by atoms with E-state index in [4.69, 9.17) is 0 Å². The maximum absolute atomic E-state index is 12.1. The smallest absolute Gasteiger partial charge is 0.263 e. The molecule has 4 heteroatoms. The molecule has 1 unspecified atom stereocenters. The van der Waals surface area contributed by atoms with Crippen molar-refractivity contribution in [2.75, 3.05) is 0 Å². The van der Waals surface area contributed by atoms with E-state index in [0.717, 1.165) is 0 Å². The summed E-state index contributed by atoms with van der Waals surface area (Å²) in [6.45, 7) is 1.18. The molecule has 2 N–H and O–H groups in total. The minimum Gasteiger partial charge on any atom is -0.369 e. The van der Waals surface area contributed by atoms with Crippen molar-refractivity contribution in [2.24, 2.45) is 11.1 Å².